The van der Waals surface area contributed by atoms with E-state index < -0.39 is 0 Å². The summed E-state index contributed by atoms with van der Waals surface area (Å²) in [5, 5.41) is 3.85. The van der Waals surface area contributed by atoms with Gasteiger partial charge in [-0.25, -0.2) is 9.97 Å². The lowest BCUT2D eigenvalue weighted by molar-refractivity contribution is 0.269. The van der Waals surface area contributed by atoms with Gasteiger partial charge in [0.2, 0.25) is 0 Å². The van der Waals surface area contributed by atoms with Gasteiger partial charge in [0.25, 0.3) is 0 Å². The molecule has 0 atom stereocenters. The van der Waals surface area contributed by atoms with E-state index in [-0.39, 0.29) is 5.41 Å². The van der Waals surface area contributed by atoms with Crippen molar-refractivity contribution in [1.82, 2.24) is 9.97 Å². The van der Waals surface area contributed by atoms with E-state index in [9.17, 15) is 0 Å². The van der Waals surface area contributed by atoms with Crippen LogP contribution >= 0.6 is 11.6 Å². The molecule has 16 heavy (non-hydrogen) atoms. The third-order valence-corrected chi connectivity index (χ3v) is 3.68. The highest BCUT2D eigenvalue weighted by Crippen LogP contribution is 2.27. The van der Waals surface area contributed by atoms with Crippen LogP contribution in [-0.4, -0.2) is 16.5 Å². The fraction of sp³-hybridized carbons (Fsp3) is 0.667. The topological polar surface area (TPSA) is 37.8 Å². The predicted molar refractivity (Wildman–Crippen MR) is 68.9 cm³/mol. The summed E-state index contributed by atoms with van der Waals surface area (Å²) < 4.78 is 0. The second-order valence-electron chi connectivity index (χ2n) is 5.13. The van der Waals surface area contributed by atoms with Crippen LogP contribution in [0.2, 0.25) is 5.15 Å². The van der Waals surface area contributed by atoms with Gasteiger partial charge in [0.1, 0.15) is 17.3 Å². The Bertz CT molecular complexity index is 361. The second kappa shape index (κ2) is 5.00. The molecule has 0 aliphatic heterocycles. The van der Waals surface area contributed by atoms with Crippen LogP contribution in [0, 0.1) is 18.3 Å². The molecule has 1 rings (SSSR count). The van der Waals surface area contributed by atoms with Crippen molar-refractivity contribution >= 4 is 17.4 Å². The lowest BCUT2D eigenvalue weighted by Gasteiger charge is -2.29. The van der Waals surface area contributed by atoms with Crippen LogP contribution in [0.3, 0.4) is 0 Å². The fourth-order valence-corrected chi connectivity index (χ4v) is 1.26. The molecule has 1 aromatic rings. The molecule has 3 nitrogen and oxygen atoms in total. The van der Waals surface area contributed by atoms with E-state index in [4.69, 9.17) is 11.6 Å². The third-order valence-electron chi connectivity index (χ3n) is 3.30. The first kappa shape index (κ1) is 13.2. The first-order chi connectivity index (χ1) is 7.34. The molecule has 0 aromatic carbocycles. The van der Waals surface area contributed by atoms with E-state index in [0.717, 1.165) is 17.9 Å². The summed E-state index contributed by atoms with van der Waals surface area (Å²) in [6.45, 7) is 11.7. The van der Waals surface area contributed by atoms with Gasteiger partial charge in [0, 0.05) is 12.1 Å². The largest absolute Gasteiger partial charge is 0.369 e. The first-order valence-corrected chi connectivity index (χ1v) is 5.93. The molecule has 1 N–H and O–H groups in total. The quantitative estimate of drug-likeness (QED) is 0.820. The minimum Gasteiger partial charge on any atom is -0.369 e. The molecule has 90 valence electrons. The summed E-state index contributed by atoms with van der Waals surface area (Å²) in [6.07, 6.45) is 1.49. The van der Waals surface area contributed by atoms with Gasteiger partial charge >= 0.3 is 0 Å². The minimum absolute atomic E-state index is 0.226. The predicted octanol–water partition coefficient (Wildman–Crippen LogP) is 3.53. The standard InChI is InChI=1S/C12H20ClN3/c1-8(2)12(4,5)6-14-11-9(3)10(13)15-7-16-11/h7-8H,6H2,1-5H3,(H,14,15,16). The maximum absolute atomic E-state index is 5.94. The number of halogens is 1. The molecule has 0 bridgehead atoms. The van der Waals surface area contributed by atoms with Crippen molar-refractivity contribution in [1.29, 1.82) is 0 Å². The number of hydrogen-bond acceptors (Lipinski definition) is 3. The van der Waals surface area contributed by atoms with Crippen LogP contribution in [0.1, 0.15) is 33.3 Å². The van der Waals surface area contributed by atoms with E-state index in [1.165, 1.54) is 6.33 Å². The number of nitrogens with one attached hydrogen (secondary N) is 1. The zero-order valence-corrected chi connectivity index (χ0v) is 11.4. The Morgan fingerprint density at radius 2 is 2.00 bits per heavy atom. The third kappa shape index (κ3) is 3.08. The molecule has 0 amide bonds. The first-order valence-electron chi connectivity index (χ1n) is 5.55. The van der Waals surface area contributed by atoms with E-state index >= 15 is 0 Å². The average Bonchev–Trinajstić information content (AvgIpc) is 2.20. The molecular weight excluding hydrogens is 222 g/mol. The van der Waals surface area contributed by atoms with E-state index in [2.05, 4.69) is 43.0 Å². The molecule has 0 aliphatic carbocycles. The number of hydrogen-bond donors (Lipinski definition) is 1. The van der Waals surface area contributed by atoms with E-state index in [1.807, 2.05) is 6.92 Å². The molecule has 4 heteroatoms. The average molecular weight is 242 g/mol. The number of nitrogens with zero attached hydrogens (tertiary/aromatic N) is 2. The van der Waals surface area contributed by atoms with Gasteiger partial charge < -0.3 is 5.32 Å². The minimum atomic E-state index is 0.226. The smallest absolute Gasteiger partial charge is 0.137 e. The Balaban J connectivity index is 2.72. The molecule has 0 unspecified atom stereocenters. The lowest BCUT2D eigenvalue weighted by atomic mass is 9.81. The molecule has 0 aliphatic rings. The Morgan fingerprint density at radius 1 is 1.38 bits per heavy atom. The van der Waals surface area contributed by atoms with Gasteiger partial charge in [-0.1, -0.05) is 39.3 Å². The number of rotatable bonds is 4. The summed E-state index contributed by atoms with van der Waals surface area (Å²) in [5.41, 5.74) is 1.13. The van der Waals surface area contributed by atoms with Crippen molar-refractivity contribution in [3.05, 3.63) is 17.0 Å². The van der Waals surface area contributed by atoms with Crippen LogP contribution in [-0.2, 0) is 0 Å². The highest BCUT2D eigenvalue weighted by atomic mass is 35.5. The zero-order chi connectivity index (χ0) is 12.3. The second-order valence-corrected chi connectivity index (χ2v) is 5.49. The Hall–Kier alpha value is -0.830. The van der Waals surface area contributed by atoms with Crippen molar-refractivity contribution in [3.63, 3.8) is 0 Å². The van der Waals surface area contributed by atoms with Gasteiger partial charge in [0.15, 0.2) is 0 Å². The van der Waals surface area contributed by atoms with E-state index in [0.29, 0.717) is 11.1 Å². The molecule has 0 saturated heterocycles. The highest BCUT2D eigenvalue weighted by molar-refractivity contribution is 6.30. The molecule has 0 spiro atoms. The van der Waals surface area contributed by atoms with Crippen LogP contribution in [0.4, 0.5) is 5.82 Å². The van der Waals surface area contributed by atoms with Crippen molar-refractivity contribution < 1.29 is 0 Å². The van der Waals surface area contributed by atoms with Crippen LogP contribution in [0.25, 0.3) is 0 Å². The van der Waals surface area contributed by atoms with Gasteiger partial charge in [-0.2, -0.15) is 0 Å². The van der Waals surface area contributed by atoms with Crippen molar-refractivity contribution in [2.45, 2.75) is 34.6 Å². The summed E-state index contributed by atoms with van der Waals surface area (Å²) in [7, 11) is 0. The number of anilines is 1. The molecule has 0 radical (unpaired) electrons. The van der Waals surface area contributed by atoms with Crippen LogP contribution < -0.4 is 5.32 Å². The highest BCUT2D eigenvalue weighted by Gasteiger charge is 2.22. The van der Waals surface area contributed by atoms with Crippen LogP contribution in [0.5, 0.6) is 0 Å². The van der Waals surface area contributed by atoms with Crippen molar-refractivity contribution in [2.75, 3.05) is 11.9 Å². The molecule has 1 heterocycles. The summed E-state index contributed by atoms with van der Waals surface area (Å²) in [6, 6.07) is 0. The van der Waals surface area contributed by atoms with Crippen molar-refractivity contribution in [2.24, 2.45) is 11.3 Å². The lowest BCUT2D eigenvalue weighted by Crippen LogP contribution is -2.29. The Kier molecular flexibility index (Phi) is 4.14. The van der Waals surface area contributed by atoms with Gasteiger partial charge in [-0.15, -0.1) is 0 Å². The Labute approximate surface area is 103 Å². The molecule has 1 aromatic heterocycles. The molecule has 0 fully saturated rings. The molecule has 0 saturated carbocycles. The fourth-order valence-electron chi connectivity index (χ4n) is 1.12. The summed E-state index contributed by atoms with van der Waals surface area (Å²) in [4.78, 5) is 8.13. The van der Waals surface area contributed by atoms with Gasteiger partial charge in [-0.05, 0) is 18.3 Å². The molecular formula is C12H20ClN3. The SMILES string of the molecule is Cc1c(Cl)ncnc1NCC(C)(C)C(C)C. The van der Waals surface area contributed by atoms with E-state index in [1.54, 1.807) is 0 Å². The summed E-state index contributed by atoms with van der Waals surface area (Å²) in [5.74, 6) is 1.44. The van der Waals surface area contributed by atoms with Gasteiger partial charge in [-0.3, -0.25) is 0 Å². The van der Waals surface area contributed by atoms with Crippen LogP contribution in [0.15, 0.2) is 6.33 Å². The monoisotopic (exact) mass is 241 g/mol. The maximum atomic E-state index is 5.94. The normalized spacial score (nSPS) is 11.9. The Morgan fingerprint density at radius 3 is 2.56 bits per heavy atom. The van der Waals surface area contributed by atoms with Gasteiger partial charge in [0.05, 0.1) is 0 Å². The zero-order valence-electron chi connectivity index (χ0n) is 10.6. The van der Waals surface area contributed by atoms with Crippen molar-refractivity contribution in [3.8, 4) is 0 Å². The number of aromatic nitrogens is 2. The maximum Gasteiger partial charge on any atom is 0.137 e. The summed E-state index contributed by atoms with van der Waals surface area (Å²) >= 11 is 5.94.